The van der Waals surface area contributed by atoms with E-state index in [4.69, 9.17) is 11.5 Å². The van der Waals surface area contributed by atoms with Crippen LogP contribution in [-0.4, -0.2) is 26.3 Å². The molecule has 0 aromatic carbocycles. The Labute approximate surface area is 153 Å². The second kappa shape index (κ2) is 24.0. The first-order chi connectivity index (χ1) is 7.54. The fourth-order valence-electron chi connectivity index (χ4n) is 0.482. The summed E-state index contributed by atoms with van der Waals surface area (Å²) >= 11 is 0. The van der Waals surface area contributed by atoms with Gasteiger partial charge in [-0.3, -0.25) is 0 Å². The minimum absolute atomic E-state index is 0. The van der Waals surface area contributed by atoms with E-state index >= 15 is 0 Å². The summed E-state index contributed by atoms with van der Waals surface area (Å²) in [5, 5.41) is 0. The molecule has 2 unspecified atom stereocenters. The molecule has 12 heteroatoms. The summed E-state index contributed by atoms with van der Waals surface area (Å²) in [5.74, 6) is 0. The third-order valence-electron chi connectivity index (χ3n) is 1.10. The maximum absolute atomic E-state index is 9.83. The molecule has 0 radical (unpaired) electrons. The van der Waals surface area contributed by atoms with E-state index in [2.05, 4.69) is 9.05 Å². The number of unbranched alkanes of at least 4 members (excludes halogenated alkanes) is 1. The topological polar surface area (TPSA) is 151 Å². The second-order valence-corrected chi connectivity index (χ2v) is 3.81. The van der Waals surface area contributed by atoms with Crippen LogP contribution in [0, 0.1) is 0 Å². The zero-order valence-corrected chi connectivity index (χ0v) is 16.5. The summed E-state index contributed by atoms with van der Waals surface area (Å²) < 4.78 is 28.0. The van der Waals surface area contributed by atoms with Gasteiger partial charge >= 0.3 is 75.6 Å². The molecule has 0 aliphatic rings. The molecule has 18 heavy (non-hydrogen) atoms. The molecule has 96 valence electrons. The van der Waals surface area contributed by atoms with Crippen LogP contribution in [0.1, 0.15) is 12.8 Å². The van der Waals surface area contributed by atoms with Gasteiger partial charge in [0.05, 0.1) is 0 Å². The normalized spacial score (nSPS) is 10.2. The van der Waals surface area contributed by atoms with Crippen LogP contribution in [0.3, 0.4) is 0 Å². The van der Waals surface area contributed by atoms with Crippen LogP contribution in [0.25, 0.3) is 0 Å². The molecule has 0 amide bonds. The molecule has 8 nitrogen and oxygen atoms in total. The molecule has 0 aromatic heterocycles. The predicted octanol–water partition coefficient (Wildman–Crippen LogP) is -7.25. The van der Waals surface area contributed by atoms with Crippen molar-refractivity contribution in [1.82, 2.24) is 0 Å². The summed E-state index contributed by atoms with van der Waals surface area (Å²) in [6.45, 7) is 1.33. The Bertz CT molecular complexity index is 183. The Kier molecular flexibility index (Phi) is 37.6. The van der Waals surface area contributed by atoms with Gasteiger partial charge in [0.15, 0.2) is 0 Å². The summed E-state index contributed by atoms with van der Waals surface area (Å²) in [4.78, 5) is 19.7. The second-order valence-electron chi connectivity index (χ2n) is 2.40. The molecular formula is C6H16N2Na2O6P2+2. The molecule has 0 spiro atoms. The smallest absolute Gasteiger partial charge is 0.566 e. The van der Waals surface area contributed by atoms with Gasteiger partial charge in [-0.15, -0.1) is 9.05 Å². The zero-order valence-electron chi connectivity index (χ0n) is 10.7. The molecule has 0 saturated carbocycles. The predicted molar refractivity (Wildman–Crippen MR) is 54.5 cm³/mol. The first-order valence-electron chi connectivity index (χ1n) is 4.49. The fraction of sp³-hybridized carbons (Fsp3) is 1.00. The first kappa shape index (κ1) is 28.2. The monoisotopic (exact) mass is 320 g/mol. The fourth-order valence-corrected chi connectivity index (χ4v) is 1.04. The van der Waals surface area contributed by atoms with Crippen molar-refractivity contribution in [2.75, 3.05) is 26.3 Å². The van der Waals surface area contributed by atoms with Crippen molar-refractivity contribution in [2.45, 2.75) is 12.8 Å². The maximum atomic E-state index is 9.83. The Morgan fingerprint density at radius 1 is 0.833 bits per heavy atom. The average Bonchev–Trinajstić information content (AvgIpc) is 2.23. The summed E-state index contributed by atoms with van der Waals surface area (Å²) in [6, 6.07) is 0. The summed E-state index contributed by atoms with van der Waals surface area (Å²) in [6.07, 6.45) is 0.902. The Morgan fingerprint density at radius 3 is 1.28 bits per heavy atom. The van der Waals surface area contributed by atoms with Crippen molar-refractivity contribution >= 4 is 16.5 Å². The largest absolute Gasteiger partial charge is 1.00 e. The SMILES string of the molecule is NCCN.O=[P+]([O-])OCCCCO[P+](=O)[O-].[Na+].[Na+]. The third kappa shape index (κ3) is 36.1. The van der Waals surface area contributed by atoms with Gasteiger partial charge in [-0.05, 0) is 22.0 Å². The van der Waals surface area contributed by atoms with Crippen molar-refractivity contribution in [3.63, 3.8) is 0 Å². The first-order valence-corrected chi connectivity index (χ1v) is 6.68. The molecule has 0 saturated heterocycles. The van der Waals surface area contributed by atoms with Gasteiger partial charge in [0.1, 0.15) is 13.2 Å². The molecule has 4 N–H and O–H groups in total. The van der Waals surface area contributed by atoms with Crippen LogP contribution in [0.4, 0.5) is 0 Å². The van der Waals surface area contributed by atoms with Crippen LogP contribution in [0.2, 0.25) is 0 Å². The van der Waals surface area contributed by atoms with Crippen LogP contribution in [0.5, 0.6) is 0 Å². The Morgan fingerprint density at radius 2 is 1.11 bits per heavy atom. The molecule has 2 atom stereocenters. The van der Waals surface area contributed by atoms with E-state index in [1.807, 2.05) is 0 Å². The minimum atomic E-state index is -2.79. The van der Waals surface area contributed by atoms with Crippen molar-refractivity contribution in [2.24, 2.45) is 11.5 Å². The van der Waals surface area contributed by atoms with E-state index in [1.54, 1.807) is 0 Å². The molecule has 0 rings (SSSR count). The van der Waals surface area contributed by atoms with Crippen molar-refractivity contribution in [3.05, 3.63) is 0 Å². The third-order valence-corrected chi connectivity index (χ3v) is 1.89. The maximum Gasteiger partial charge on any atom is 1.00 e. The van der Waals surface area contributed by atoms with Gasteiger partial charge in [-0.1, -0.05) is 0 Å². The molecule has 0 bridgehead atoms. The van der Waals surface area contributed by atoms with Gasteiger partial charge in [-0.2, -0.15) is 0 Å². The minimum Gasteiger partial charge on any atom is -0.566 e. The quantitative estimate of drug-likeness (QED) is 0.254. The number of nitrogens with two attached hydrogens (primary N) is 2. The summed E-state index contributed by atoms with van der Waals surface area (Å²) in [5.41, 5.74) is 9.81. The number of rotatable bonds is 8. The Hall–Kier alpha value is 1.96. The standard InChI is InChI=1S/C4H8O6P2.C2H8N2.2Na/c5-11(6)9-3-1-2-4-10-12(7)8;3-1-2-4;;/h1-4H2;1-4H2;;/q;;2*+1. The van der Waals surface area contributed by atoms with Crippen LogP contribution < -0.4 is 80.4 Å². The number of hydrogen-bond donors (Lipinski definition) is 2. The molecule has 0 aromatic rings. The molecule has 0 aliphatic carbocycles. The van der Waals surface area contributed by atoms with E-state index in [0.29, 0.717) is 25.9 Å². The molecule has 0 fully saturated rings. The molecular weight excluding hydrogens is 304 g/mol. The molecule has 0 heterocycles. The van der Waals surface area contributed by atoms with Crippen molar-refractivity contribution in [3.8, 4) is 0 Å². The van der Waals surface area contributed by atoms with Crippen molar-refractivity contribution in [1.29, 1.82) is 0 Å². The van der Waals surface area contributed by atoms with Gasteiger partial charge in [0.2, 0.25) is 0 Å². The molecule has 0 aliphatic heterocycles. The van der Waals surface area contributed by atoms with Gasteiger partial charge in [0.25, 0.3) is 0 Å². The van der Waals surface area contributed by atoms with Gasteiger partial charge in [0, 0.05) is 13.1 Å². The van der Waals surface area contributed by atoms with E-state index in [0.717, 1.165) is 0 Å². The average molecular weight is 320 g/mol. The van der Waals surface area contributed by atoms with E-state index in [9.17, 15) is 18.9 Å². The van der Waals surface area contributed by atoms with E-state index in [-0.39, 0.29) is 72.3 Å². The van der Waals surface area contributed by atoms with Crippen LogP contribution in [0.15, 0.2) is 0 Å². The van der Waals surface area contributed by atoms with Crippen LogP contribution >= 0.6 is 16.5 Å². The van der Waals surface area contributed by atoms with Crippen molar-refractivity contribution < 1.29 is 87.1 Å². The number of hydrogen-bond acceptors (Lipinski definition) is 8. The summed E-state index contributed by atoms with van der Waals surface area (Å²) in [7, 11) is -5.59. The van der Waals surface area contributed by atoms with E-state index in [1.165, 1.54) is 0 Å². The zero-order chi connectivity index (χ0) is 12.8. The van der Waals surface area contributed by atoms with E-state index < -0.39 is 16.5 Å². The Balaban J connectivity index is -0.000000143. The van der Waals surface area contributed by atoms with Gasteiger partial charge < -0.3 is 21.3 Å². The van der Waals surface area contributed by atoms with Gasteiger partial charge in [-0.25, -0.2) is 0 Å². The van der Waals surface area contributed by atoms with Crippen LogP contribution in [-0.2, 0) is 18.2 Å².